The van der Waals surface area contributed by atoms with Gasteiger partial charge in [0.1, 0.15) is 0 Å². The van der Waals surface area contributed by atoms with Crippen molar-refractivity contribution in [2.24, 2.45) is 0 Å². The number of carbonyl (C=O) groups is 1. The largest absolute Gasteiger partial charge is 0.316 e. The molecule has 0 aliphatic heterocycles. The Labute approximate surface area is 137 Å². The highest BCUT2D eigenvalue weighted by Crippen LogP contribution is 2.23. The smallest absolute Gasteiger partial charge is 0.261 e. The highest BCUT2D eigenvalue weighted by Gasteiger charge is 2.16. The van der Waals surface area contributed by atoms with Crippen LogP contribution in [0.1, 0.15) is 18.1 Å². The fourth-order valence-corrected chi connectivity index (χ4v) is 3.22. The van der Waals surface area contributed by atoms with Crippen molar-refractivity contribution in [2.75, 3.05) is 16.7 Å². The summed E-state index contributed by atoms with van der Waals surface area (Å²) in [6, 6.07) is 11.7. The fraction of sp³-hybridized carbons (Fsp3) is 0.235. The van der Waals surface area contributed by atoms with Gasteiger partial charge in [-0.15, -0.1) is 0 Å². The molecule has 23 heavy (non-hydrogen) atoms. The molecule has 0 atom stereocenters. The van der Waals surface area contributed by atoms with Gasteiger partial charge in [0.05, 0.1) is 10.6 Å². The van der Waals surface area contributed by atoms with Crippen LogP contribution in [-0.2, 0) is 14.8 Å². The number of amides is 1. The summed E-state index contributed by atoms with van der Waals surface area (Å²) in [6.07, 6.45) is 0. The van der Waals surface area contributed by atoms with Crippen LogP contribution in [0.3, 0.4) is 0 Å². The maximum absolute atomic E-state index is 12.5. The molecule has 0 bridgehead atoms. The van der Waals surface area contributed by atoms with Gasteiger partial charge < -0.3 is 4.90 Å². The molecule has 0 radical (unpaired) electrons. The van der Waals surface area contributed by atoms with E-state index in [9.17, 15) is 13.2 Å². The first kappa shape index (κ1) is 17.0. The molecule has 0 heterocycles. The maximum atomic E-state index is 12.5. The summed E-state index contributed by atoms with van der Waals surface area (Å²) < 4.78 is 27.6. The molecule has 2 rings (SSSR count). The number of benzene rings is 2. The number of rotatable bonds is 4. The van der Waals surface area contributed by atoms with E-state index in [1.807, 2.05) is 26.0 Å². The SMILES string of the molecule is CC(=O)N(C)c1ccc(S(=O)(=O)Nc2cccc(C)c2C)cc1. The van der Waals surface area contributed by atoms with E-state index in [0.29, 0.717) is 11.4 Å². The Hall–Kier alpha value is -2.34. The van der Waals surface area contributed by atoms with Gasteiger partial charge in [0.15, 0.2) is 0 Å². The van der Waals surface area contributed by atoms with E-state index in [1.165, 1.54) is 24.0 Å². The Bertz CT molecular complexity index is 827. The molecule has 122 valence electrons. The topological polar surface area (TPSA) is 66.5 Å². The molecular weight excluding hydrogens is 312 g/mol. The Morgan fingerprint density at radius 2 is 1.65 bits per heavy atom. The van der Waals surface area contributed by atoms with Crippen molar-refractivity contribution in [2.45, 2.75) is 25.7 Å². The lowest BCUT2D eigenvalue weighted by atomic mass is 10.1. The lowest BCUT2D eigenvalue weighted by Crippen LogP contribution is -2.22. The summed E-state index contributed by atoms with van der Waals surface area (Å²) in [4.78, 5) is 12.9. The highest BCUT2D eigenvalue weighted by molar-refractivity contribution is 7.92. The number of hydrogen-bond donors (Lipinski definition) is 1. The second-order valence-corrected chi connectivity index (χ2v) is 7.11. The lowest BCUT2D eigenvalue weighted by Gasteiger charge is -2.16. The standard InChI is InChI=1S/C17H20N2O3S/c1-12-6-5-7-17(13(12)2)18-23(21,22)16-10-8-15(9-11-16)19(4)14(3)20/h5-11,18H,1-4H3. The van der Waals surface area contributed by atoms with E-state index in [0.717, 1.165) is 11.1 Å². The molecule has 5 nitrogen and oxygen atoms in total. The normalized spacial score (nSPS) is 11.1. The summed E-state index contributed by atoms with van der Waals surface area (Å²) in [5.41, 5.74) is 3.12. The van der Waals surface area contributed by atoms with Crippen molar-refractivity contribution >= 4 is 27.3 Å². The Balaban J connectivity index is 2.30. The molecule has 0 fully saturated rings. The molecule has 1 amide bonds. The Kier molecular flexibility index (Phi) is 4.75. The van der Waals surface area contributed by atoms with Crippen LogP contribution in [0.15, 0.2) is 47.4 Å². The van der Waals surface area contributed by atoms with Crippen LogP contribution in [0.5, 0.6) is 0 Å². The quantitative estimate of drug-likeness (QED) is 0.935. The van der Waals surface area contributed by atoms with E-state index in [-0.39, 0.29) is 10.8 Å². The third kappa shape index (κ3) is 3.71. The van der Waals surface area contributed by atoms with Crippen molar-refractivity contribution in [1.82, 2.24) is 0 Å². The molecule has 0 unspecified atom stereocenters. The first-order valence-corrected chi connectivity index (χ1v) is 8.64. The molecule has 0 aliphatic rings. The van der Waals surface area contributed by atoms with Crippen LogP contribution in [0.25, 0.3) is 0 Å². The predicted molar refractivity (Wildman–Crippen MR) is 92.3 cm³/mol. The third-order valence-corrected chi connectivity index (χ3v) is 5.24. The molecule has 0 aromatic heterocycles. The summed E-state index contributed by atoms with van der Waals surface area (Å²) in [6.45, 7) is 5.25. The molecule has 0 saturated carbocycles. The number of hydrogen-bond acceptors (Lipinski definition) is 3. The number of nitrogens with zero attached hydrogens (tertiary/aromatic N) is 1. The minimum atomic E-state index is -3.67. The number of carbonyl (C=O) groups excluding carboxylic acids is 1. The van der Waals surface area contributed by atoms with Crippen molar-refractivity contribution in [3.05, 3.63) is 53.6 Å². The van der Waals surface area contributed by atoms with E-state index in [2.05, 4.69) is 4.72 Å². The van der Waals surface area contributed by atoms with Gasteiger partial charge in [-0.3, -0.25) is 9.52 Å². The highest BCUT2D eigenvalue weighted by atomic mass is 32.2. The molecule has 0 spiro atoms. The van der Waals surface area contributed by atoms with Gasteiger partial charge >= 0.3 is 0 Å². The zero-order valence-corrected chi connectivity index (χ0v) is 14.4. The first-order valence-electron chi connectivity index (χ1n) is 7.16. The summed E-state index contributed by atoms with van der Waals surface area (Å²) in [5, 5.41) is 0. The minimum absolute atomic E-state index is 0.117. The minimum Gasteiger partial charge on any atom is -0.316 e. The van der Waals surface area contributed by atoms with Gasteiger partial charge in [-0.1, -0.05) is 12.1 Å². The van der Waals surface area contributed by atoms with Crippen LogP contribution in [0, 0.1) is 13.8 Å². The number of sulfonamides is 1. The lowest BCUT2D eigenvalue weighted by molar-refractivity contribution is -0.116. The monoisotopic (exact) mass is 332 g/mol. The van der Waals surface area contributed by atoms with Gasteiger partial charge in [0.2, 0.25) is 5.91 Å². The Morgan fingerprint density at radius 3 is 2.22 bits per heavy atom. The van der Waals surface area contributed by atoms with Gasteiger partial charge in [-0.05, 0) is 55.3 Å². The van der Waals surface area contributed by atoms with Crippen LogP contribution >= 0.6 is 0 Å². The zero-order chi connectivity index (χ0) is 17.2. The molecule has 2 aromatic rings. The maximum Gasteiger partial charge on any atom is 0.261 e. The fourth-order valence-electron chi connectivity index (χ4n) is 2.10. The summed E-state index contributed by atoms with van der Waals surface area (Å²) >= 11 is 0. The van der Waals surface area contributed by atoms with Crippen LogP contribution < -0.4 is 9.62 Å². The van der Waals surface area contributed by atoms with Crippen molar-refractivity contribution in [3.63, 3.8) is 0 Å². The predicted octanol–water partition coefficient (Wildman–Crippen LogP) is 3.09. The van der Waals surface area contributed by atoms with Crippen LogP contribution in [-0.4, -0.2) is 21.4 Å². The molecular formula is C17H20N2O3S. The van der Waals surface area contributed by atoms with E-state index in [1.54, 1.807) is 25.2 Å². The van der Waals surface area contributed by atoms with Gasteiger partial charge in [0.25, 0.3) is 10.0 Å². The van der Waals surface area contributed by atoms with Crippen molar-refractivity contribution in [1.29, 1.82) is 0 Å². The number of aryl methyl sites for hydroxylation is 1. The summed E-state index contributed by atoms with van der Waals surface area (Å²) in [5.74, 6) is -0.117. The Morgan fingerprint density at radius 1 is 1.04 bits per heavy atom. The van der Waals surface area contributed by atoms with Crippen LogP contribution in [0.4, 0.5) is 11.4 Å². The van der Waals surface area contributed by atoms with E-state index >= 15 is 0 Å². The second kappa shape index (κ2) is 6.42. The second-order valence-electron chi connectivity index (χ2n) is 5.42. The van der Waals surface area contributed by atoms with Crippen molar-refractivity contribution in [3.8, 4) is 0 Å². The third-order valence-electron chi connectivity index (χ3n) is 3.86. The first-order chi connectivity index (χ1) is 10.7. The van der Waals surface area contributed by atoms with Crippen molar-refractivity contribution < 1.29 is 13.2 Å². The van der Waals surface area contributed by atoms with Gasteiger partial charge in [-0.25, -0.2) is 8.42 Å². The zero-order valence-electron chi connectivity index (χ0n) is 13.6. The number of anilines is 2. The molecule has 0 saturated heterocycles. The molecule has 0 aliphatic carbocycles. The van der Waals surface area contributed by atoms with Gasteiger partial charge in [-0.2, -0.15) is 0 Å². The summed E-state index contributed by atoms with van der Waals surface area (Å²) in [7, 11) is -2.03. The molecule has 2 aromatic carbocycles. The van der Waals surface area contributed by atoms with E-state index in [4.69, 9.17) is 0 Å². The van der Waals surface area contributed by atoms with Crippen LogP contribution in [0.2, 0.25) is 0 Å². The molecule has 6 heteroatoms. The van der Waals surface area contributed by atoms with E-state index < -0.39 is 10.0 Å². The molecule has 1 N–H and O–H groups in total. The average Bonchev–Trinajstić information content (AvgIpc) is 2.51. The van der Waals surface area contributed by atoms with Gasteiger partial charge in [0, 0.05) is 19.7 Å². The number of nitrogens with one attached hydrogen (secondary N) is 1. The average molecular weight is 332 g/mol.